The van der Waals surface area contributed by atoms with Crippen molar-refractivity contribution >= 4 is 22.6 Å². The summed E-state index contributed by atoms with van der Waals surface area (Å²) in [5.74, 6) is 0.700. The van der Waals surface area contributed by atoms with Gasteiger partial charge in [-0.1, -0.05) is 36.4 Å². The first-order valence-corrected chi connectivity index (χ1v) is 4.94. The maximum Gasteiger partial charge on any atom is 0.0555 e. The molecule has 10 heavy (non-hydrogen) atoms. The molecule has 0 amide bonds. The molecule has 0 spiro atoms. The average molecular weight is 254 g/mol. The molecule has 1 aliphatic rings. The standard InChI is InChI=1S/C8H15IO/c1-6-3-7(10)5-8(2,9)4-6/h6-7,10H,3-5H2,1-2H3. The van der Waals surface area contributed by atoms with Gasteiger partial charge < -0.3 is 5.11 Å². The van der Waals surface area contributed by atoms with Crippen LogP contribution < -0.4 is 0 Å². The Balaban J connectivity index is 2.51. The van der Waals surface area contributed by atoms with Crippen LogP contribution in [0.4, 0.5) is 0 Å². The van der Waals surface area contributed by atoms with Gasteiger partial charge in [0.25, 0.3) is 0 Å². The Labute approximate surface area is 76.3 Å². The van der Waals surface area contributed by atoms with Gasteiger partial charge >= 0.3 is 0 Å². The van der Waals surface area contributed by atoms with E-state index < -0.39 is 0 Å². The third kappa shape index (κ3) is 2.38. The highest BCUT2D eigenvalue weighted by Gasteiger charge is 2.32. The second kappa shape index (κ2) is 2.97. The molecule has 0 aromatic heterocycles. The zero-order valence-corrected chi connectivity index (χ0v) is 8.76. The van der Waals surface area contributed by atoms with Crippen molar-refractivity contribution in [3.63, 3.8) is 0 Å². The van der Waals surface area contributed by atoms with E-state index in [1.54, 1.807) is 0 Å². The molecule has 3 unspecified atom stereocenters. The van der Waals surface area contributed by atoms with Crippen molar-refractivity contribution < 1.29 is 5.11 Å². The van der Waals surface area contributed by atoms with Crippen LogP contribution in [0.5, 0.6) is 0 Å². The van der Waals surface area contributed by atoms with Crippen LogP contribution in [0.3, 0.4) is 0 Å². The molecular weight excluding hydrogens is 239 g/mol. The Morgan fingerprint density at radius 3 is 2.50 bits per heavy atom. The summed E-state index contributed by atoms with van der Waals surface area (Å²) in [6, 6.07) is 0. The summed E-state index contributed by atoms with van der Waals surface area (Å²) in [7, 11) is 0. The summed E-state index contributed by atoms with van der Waals surface area (Å²) < 4.78 is 0.342. The van der Waals surface area contributed by atoms with E-state index in [9.17, 15) is 5.11 Å². The molecule has 0 saturated heterocycles. The first kappa shape index (κ1) is 8.78. The van der Waals surface area contributed by atoms with Gasteiger partial charge in [-0.15, -0.1) is 0 Å². The molecule has 1 saturated carbocycles. The lowest BCUT2D eigenvalue weighted by Crippen LogP contribution is -2.33. The number of alkyl halides is 1. The van der Waals surface area contributed by atoms with Crippen LogP contribution in [0.15, 0.2) is 0 Å². The molecule has 2 heteroatoms. The van der Waals surface area contributed by atoms with E-state index in [1.165, 1.54) is 6.42 Å². The number of hydrogen-bond acceptors (Lipinski definition) is 1. The topological polar surface area (TPSA) is 20.2 Å². The monoisotopic (exact) mass is 254 g/mol. The summed E-state index contributed by atoms with van der Waals surface area (Å²) in [6.45, 7) is 4.45. The van der Waals surface area contributed by atoms with E-state index in [2.05, 4.69) is 36.4 Å². The fourth-order valence-corrected chi connectivity index (χ4v) is 3.19. The molecule has 0 aromatic carbocycles. The van der Waals surface area contributed by atoms with E-state index >= 15 is 0 Å². The van der Waals surface area contributed by atoms with E-state index in [0.29, 0.717) is 9.34 Å². The number of aliphatic hydroxyl groups is 1. The summed E-state index contributed by atoms with van der Waals surface area (Å²) in [5.41, 5.74) is 0. The highest BCUT2D eigenvalue weighted by Crippen LogP contribution is 2.38. The Morgan fingerprint density at radius 2 is 2.10 bits per heavy atom. The number of halogens is 1. The van der Waals surface area contributed by atoms with Crippen LogP contribution in [0.2, 0.25) is 0 Å². The summed E-state index contributed by atoms with van der Waals surface area (Å²) >= 11 is 2.46. The molecular formula is C8H15IO. The summed E-state index contributed by atoms with van der Waals surface area (Å²) in [6.07, 6.45) is 3.17. The van der Waals surface area contributed by atoms with Crippen LogP contribution >= 0.6 is 22.6 Å². The van der Waals surface area contributed by atoms with Gasteiger partial charge in [0.05, 0.1) is 6.10 Å². The Hall–Kier alpha value is 0.690. The molecule has 0 radical (unpaired) electrons. The van der Waals surface area contributed by atoms with Crippen molar-refractivity contribution in [1.29, 1.82) is 0 Å². The molecule has 0 aromatic rings. The van der Waals surface area contributed by atoms with Crippen molar-refractivity contribution in [2.24, 2.45) is 5.92 Å². The normalized spacial score (nSPS) is 49.2. The van der Waals surface area contributed by atoms with Gasteiger partial charge in [-0.2, -0.15) is 0 Å². The SMILES string of the molecule is CC1CC(O)CC(C)(I)C1. The summed E-state index contributed by atoms with van der Waals surface area (Å²) in [4.78, 5) is 0. The van der Waals surface area contributed by atoms with Crippen molar-refractivity contribution in [2.75, 3.05) is 0 Å². The van der Waals surface area contributed by atoms with Gasteiger partial charge in [-0.25, -0.2) is 0 Å². The minimum atomic E-state index is -0.0503. The molecule has 1 nitrogen and oxygen atoms in total. The lowest BCUT2D eigenvalue weighted by atomic mass is 9.82. The first-order chi connectivity index (χ1) is 4.49. The van der Waals surface area contributed by atoms with Crippen LogP contribution in [0, 0.1) is 5.92 Å². The van der Waals surface area contributed by atoms with E-state index in [-0.39, 0.29) is 6.10 Å². The van der Waals surface area contributed by atoms with Crippen molar-refractivity contribution in [3.05, 3.63) is 0 Å². The largest absolute Gasteiger partial charge is 0.393 e. The number of aliphatic hydroxyl groups excluding tert-OH is 1. The van der Waals surface area contributed by atoms with Gasteiger partial charge in [-0.05, 0) is 25.2 Å². The molecule has 1 fully saturated rings. The van der Waals surface area contributed by atoms with Gasteiger partial charge in [0, 0.05) is 3.42 Å². The second-order valence-electron chi connectivity index (χ2n) is 3.82. The minimum absolute atomic E-state index is 0.0503. The predicted molar refractivity (Wildman–Crippen MR) is 51.4 cm³/mol. The first-order valence-electron chi connectivity index (χ1n) is 3.86. The third-order valence-corrected chi connectivity index (χ3v) is 2.99. The predicted octanol–water partition coefficient (Wildman–Crippen LogP) is 2.36. The van der Waals surface area contributed by atoms with Crippen LogP contribution in [0.25, 0.3) is 0 Å². The third-order valence-electron chi connectivity index (χ3n) is 2.11. The molecule has 1 N–H and O–H groups in total. The van der Waals surface area contributed by atoms with Gasteiger partial charge in [-0.3, -0.25) is 0 Å². The minimum Gasteiger partial charge on any atom is -0.393 e. The molecule has 0 aliphatic heterocycles. The fraction of sp³-hybridized carbons (Fsp3) is 1.00. The zero-order valence-electron chi connectivity index (χ0n) is 6.60. The Bertz CT molecular complexity index is 110. The maximum atomic E-state index is 9.41. The average Bonchev–Trinajstić information content (AvgIpc) is 1.54. The second-order valence-corrected chi connectivity index (χ2v) is 6.42. The van der Waals surface area contributed by atoms with Crippen molar-refractivity contribution in [3.8, 4) is 0 Å². The van der Waals surface area contributed by atoms with Crippen LogP contribution in [0.1, 0.15) is 33.1 Å². The molecule has 60 valence electrons. The zero-order chi connectivity index (χ0) is 7.78. The Kier molecular flexibility index (Phi) is 2.61. The van der Waals surface area contributed by atoms with Crippen molar-refractivity contribution in [2.45, 2.75) is 42.6 Å². The van der Waals surface area contributed by atoms with E-state index in [4.69, 9.17) is 0 Å². The van der Waals surface area contributed by atoms with Gasteiger partial charge in [0.15, 0.2) is 0 Å². The van der Waals surface area contributed by atoms with Gasteiger partial charge in [0.1, 0.15) is 0 Å². The van der Waals surface area contributed by atoms with Crippen LogP contribution in [-0.2, 0) is 0 Å². The Morgan fingerprint density at radius 1 is 1.50 bits per heavy atom. The number of hydrogen-bond donors (Lipinski definition) is 1. The van der Waals surface area contributed by atoms with E-state index in [0.717, 1.165) is 12.8 Å². The van der Waals surface area contributed by atoms with Crippen molar-refractivity contribution in [1.82, 2.24) is 0 Å². The lowest BCUT2D eigenvalue weighted by Gasteiger charge is -2.35. The van der Waals surface area contributed by atoms with Gasteiger partial charge in [0.2, 0.25) is 0 Å². The smallest absolute Gasteiger partial charge is 0.0555 e. The molecule has 0 heterocycles. The summed E-state index contributed by atoms with van der Waals surface area (Å²) in [5, 5.41) is 9.41. The molecule has 1 aliphatic carbocycles. The number of rotatable bonds is 0. The van der Waals surface area contributed by atoms with E-state index in [1.807, 2.05) is 0 Å². The highest BCUT2D eigenvalue weighted by molar-refractivity contribution is 14.1. The quantitative estimate of drug-likeness (QED) is 0.519. The fourth-order valence-electron chi connectivity index (χ4n) is 1.93. The molecule has 0 bridgehead atoms. The molecule has 1 rings (SSSR count). The maximum absolute atomic E-state index is 9.41. The molecule has 3 atom stereocenters. The lowest BCUT2D eigenvalue weighted by molar-refractivity contribution is 0.0946. The highest BCUT2D eigenvalue weighted by atomic mass is 127. The van der Waals surface area contributed by atoms with Crippen LogP contribution in [-0.4, -0.2) is 14.6 Å².